The molecule has 0 bridgehead atoms. The molecule has 3 aromatic rings. The van der Waals surface area contributed by atoms with Gasteiger partial charge in [0.25, 0.3) is 5.91 Å². The van der Waals surface area contributed by atoms with Crippen LogP contribution in [0.25, 0.3) is 6.08 Å². The van der Waals surface area contributed by atoms with Gasteiger partial charge in [0.15, 0.2) is 5.17 Å². The molecule has 1 fully saturated rings. The van der Waals surface area contributed by atoms with E-state index in [1.54, 1.807) is 4.90 Å². The molecular weight excluding hydrogens is 452 g/mol. The molecule has 4 rings (SSSR count). The SMILES string of the molecule is CC(C)(C)c1cc(C=C2SC(=Nc3ccccc3)N(c3ccccc3)C2=O)cc(C(C)(C)C)c1O. The second-order valence-electron chi connectivity index (χ2n) is 10.8. The Labute approximate surface area is 212 Å². The molecule has 180 valence electrons. The average molecular weight is 485 g/mol. The molecule has 0 atom stereocenters. The number of nitrogens with zero attached hydrogens (tertiary/aromatic N) is 2. The van der Waals surface area contributed by atoms with E-state index in [0.717, 1.165) is 28.1 Å². The van der Waals surface area contributed by atoms with Crippen LogP contribution in [0.5, 0.6) is 5.75 Å². The van der Waals surface area contributed by atoms with Crippen molar-refractivity contribution < 1.29 is 9.90 Å². The van der Waals surface area contributed by atoms with Crippen LogP contribution in [0.3, 0.4) is 0 Å². The van der Waals surface area contributed by atoms with Gasteiger partial charge in [-0.1, -0.05) is 77.9 Å². The predicted molar refractivity (Wildman–Crippen MR) is 149 cm³/mol. The van der Waals surface area contributed by atoms with E-state index in [2.05, 4.69) is 41.5 Å². The zero-order valence-corrected chi connectivity index (χ0v) is 22.0. The van der Waals surface area contributed by atoms with Crippen LogP contribution >= 0.6 is 11.8 Å². The predicted octanol–water partition coefficient (Wildman–Crippen LogP) is 7.80. The summed E-state index contributed by atoms with van der Waals surface area (Å²) in [5.74, 6) is 0.216. The third-order valence-electron chi connectivity index (χ3n) is 5.85. The summed E-state index contributed by atoms with van der Waals surface area (Å²) in [6, 6.07) is 23.2. The van der Waals surface area contributed by atoms with Crippen LogP contribution in [-0.2, 0) is 15.6 Å². The molecule has 0 saturated carbocycles. The number of rotatable bonds is 3. The molecule has 1 saturated heterocycles. The molecule has 1 aliphatic rings. The summed E-state index contributed by atoms with van der Waals surface area (Å²) in [6.07, 6.45) is 1.92. The topological polar surface area (TPSA) is 52.9 Å². The number of aliphatic imine (C=N–C) groups is 1. The van der Waals surface area contributed by atoms with Gasteiger partial charge in [-0.25, -0.2) is 4.99 Å². The number of aromatic hydroxyl groups is 1. The second kappa shape index (κ2) is 9.38. The third-order valence-corrected chi connectivity index (χ3v) is 6.82. The minimum absolute atomic E-state index is 0.112. The number of amides is 1. The number of hydrogen-bond donors (Lipinski definition) is 1. The zero-order chi connectivity index (χ0) is 25.4. The van der Waals surface area contributed by atoms with Gasteiger partial charge in [0.05, 0.1) is 16.3 Å². The number of amidine groups is 1. The highest BCUT2D eigenvalue weighted by Gasteiger charge is 2.35. The van der Waals surface area contributed by atoms with Crippen LogP contribution in [0.4, 0.5) is 11.4 Å². The van der Waals surface area contributed by atoms with Crippen LogP contribution in [0.1, 0.15) is 58.2 Å². The lowest BCUT2D eigenvalue weighted by molar-refractivity contribution is -0.113. The Bertz CT molecular complexity index is 1260. The van der Waals surface area contributed by atoms with Crippen LogP contribution in [0, 0.1) is 0 Å². The van der Waals surface area contributed by atoms with Crippen molar-refractivity contribution in [2.24, 2.45) is 4.99 Å². The Balaban J connectivity index is 1.84. The first-order valence-electron chi connectivity index (χ1n) is 11.8. The monoisotopic (exact) mass is 484 g/mol. The van der Waals surface area contributed by atoms with Gasteiger partial charge in [0, 0.05) is 11.1 Å². The Morgan fingerprint density at radius 1 is 0.829 bits per heavy atom. The number of para-hydroxylation sites is 2. The summed E-state index contributed by atoms with van der Waals surface area (Å²) in [4.78, 5) is 20.7. The van der Waals surface area contributed by atoms with Crippen molar-refractivity contribution >= 4 is 40.3 Å². The lowest BCUT2D eigenvalue weighted by atomic mass is 9.78. The van der Waals surface area contributed by atoms with Gasteiger partial charge in [0.1, 0.15) is 5.75 Å². The molecule has 4 nitrogen and oxygen atoms in total. The molecule has 1 N–H and O–H groups in total. The minimum Gasteiger partial charge on any atom is -0.507 e. The van der Waals surface area contributed by atoms with Crippen LogP contribution in [0.2, 0.25) is 0 Å². The fourth-order valence-corrected chi connectivity index (χ4v) is 5.00. The van der Waals surface area contributed by atoms with Crippen LogP contribution in [-0.4, -0.2) is 16.2 Å². The Morgan fingerprint density at radius 2 is 1.34 bits per heavy atom. The summed E-state index contributed by atoms with van der Waals surface area (Å²) < 4.78 is 0. The maximum atomic E-state index is 13.6. The quantitative estimate of drug-likeness (QED) is 0.386. The van der Waals surface area contributed by atoms with E-state index in [-0.39, 0.29) is 16.7 Å². The van der Waals surface area contributed by atoms with E-state index in [4.69, 9.17) is 4.99 Å². The van der Waals surface area contributed by atoms with Crippen molar-refractivity contribution in [3.8, 4) is 5.75 Å². The first-order valence-corrected chi connectivity index (χ1v) is 12.6. The van der Waals surface area contributed by atoms with Crippen LogP contribution < -0.4 is 4.90 Å². The molecule has 0 aliphatic carbocycles. The molecule has 0 unspecified atom stereocenters. The summed E-state index contributed by atoms with van der Waals surface area (Å²) in [6.45, 7) is 12.5. The second-order valence-corrected chi connectivity index (χ2v) is 11.8. The van der Waals surface area contributed by atoms with Gasteiger partial charge in [-0.2, -0.15) is 0 Å². The van der Waals surface area contributed by atoms with E-state index >= 15 is 0 Å². The van der Waals surface area contributed by atoms with Gasteiger partial charge < -0.3 is 5.11 Å². The van der Waals surface area contributed by atoms with Crippen molar-refractivity contribution in [3.63, 3.8) is 0 Å². The van der Waals surface area contributed by atoms with Gasteiger partial charge in [-0.05, 0) is 70.6 Å². The number of carbonyl (C=O) groups is 1. The lowest BCUT2D eigenvalue weighted by Crippen LogP contribution is -2.28. The summed E-state index contributed by atoms with van der Waals surface area (Å²) in [7, 11) is 0. The smallest absolute Gasteiger partial charge is 0.271 e. The highest BCUT2D eigenvalue weighted by Crippen LogP contribution is 2.42. The molecule has 5 heteroatoms. The van der Waals surface area contributed by atoms with Crippen molar-refractivity contribution in [3.05, 3.63) is 94.4 Å². The standard InChI is InChI=1S/C30H32N2O2S/c1-29(2,3)23-17-20(18-24(26(23)33)30(4,5)6)19-25-27(34)32(22-15-11-8-12-16-22)28(35-25)31-21-13-9-7-10-14-21/h7-19,33H,1-6H3. The third kappa shape index (κ3) is 5.35. The van der Waals surface area contributed by atoms with Crippen molar-refractivity contribution in [2.75, 3.05) is 4.90 Å². The normalized spacial score (nSPS) is 17.0. The number of phenolic OH excluding ortho intramolecular Hbond substituents is 1. The number of anilines is 1. The minimum atomic E-state index is -0.249. The molecule has 0 spiro atoms. The molecule has 1 amide bonds. The van der Waals surface area contributed by atoms with Gasteiger partial charge in [0.2, 0.25) is 0 Å². The maximum Gasteiger partial charge on any atom is 0.271 e. The molecule has 3 aromatic carbocycles. The van der Waals surface area contributed by atoms with E-state index in [9.17, 15) is 9.90 Å². The number of benzene rings is 3. The fourth-order valence-electron chi connectivity index (χ4n) is 4.00. The zero-order valence-electron chi connectivity index (χ0n) is 21.2. The summed E-state index contributed by atoms with van der Waals surface area (Å²) >= 11 is 1.37. The number of hydrogen-bond acceptors (Lipinski definition) is 4. The Kier molecular flexibility index (Phi) is 6.65. The van der Waals surface area contributed by atoms with Gasteiger partial charge in [-0.15, -0.1) is 0 Å². The Hall–Kier alpha value is -3.31. The van der Waals surface area contributed by atoms with Gasteiger partial charge >= 0.3 is 0 Å². The molecule has 1 heterocycles. The van der Waals surface area contributed by atoms with Crippen molar-refractivity contribution in [2.45, 2.75) is 52.4 Å². The van der Waals surface area contributed by atoms with E-state index < -0.39 is 0 Å². The van der Waals surface area contributed by atoms with E-state index in [1.807, 2.05) is 78.9 Å². The first-order chi connectivity index (χ1) is 16.4. The fraction of sp³-hybridized carbons (Fsp3) is 0.267. The largest absolute Gasteiger partial charge is 0.507 e. The highest BCUT2D eigenvalue weighted by molar-refractivity contribution is 8.19. The Morgan fingerprint density at radius 3 is 1.86 bits per heavy atom. The highest BCUT2D eigenvalue weighted by atomic mass is 32.2. The van der Waals surface area contributed by atoms with Gasteiger partial charge in [-0.3, -0.25) is 9.69 Å². The number of thioether (sulfide) groups is 1. The number of carbonyl (C=O) groups excluding carboxylic acids is 1. The van der Waals surface area contributed by atoms with Crippen molar-refractivity contribution in [1.29, 1.82) is 0 Å². The molecule has 35 heavy (non-hydrogen) atoms. The lowest BCUT2D eigenvalue weighted by Gasteiger charge is -2.28. The molecule has 1 aliphatic heterocycles. The van der Waals surface area contributed by atoms with E-state index in [0.29, 0.717) is 15.8 Å². The summed E-state index contributed by atoms with van der Waals surface area (Å²) in [5.41, 5.74) is 3.69. The molecule has 0 radical (unpaired) electrons. The average Bonchev–Trinajstić information content (AvgIpc) is 3.09. The van der Waals surface area contributed by atoms with E-state index in [1.165, 1.54) is 11.8 Å². The summed E-state index contributed by atoms with van der Waals surface area (Å²) in [5, 5.41) is 11.7. The number of phenols is 1. The maximum absolute atomic E-state index is 13.6. The first kappa shape index (κ1) is 24.8. The molecular formula is C30H32N2O2S. The van der Waals surface area contributed by atoms with Crippen LogP contribution in [0.15, 0.2) is 82.7 Å². The molecule has 0 aromatic heterocycles. The van der Waals surface area contributed by atoms with Crippen molar-refractivity contribution in [1.82, 2.24) is 0 Å².